The maximum atomic E-state index is 12.7. The van der Waals surface area contributed by atoms with E-state index in [1.807, 2.05) is 12.2 Å². The summed E-state index contributed by atoms with van der Waals surface area (Å²) in [6.45, 7) is 0. The van der Waals surface area contributed by atoms with Gasteiger partial charge in [-0.15, -0.1) is 0 Å². The van der Waals surface area contributed by atoms with E-state index < -0.39 is 23.6 Å². The summed E-state index contributed by atoms with van der Waals surface area (Å²) in [5.74, 6) is -1.51. The highest BCUT2D eigenvalue weighted by Gasteiger charge is 2.60. The van der Waals surface area contributed by atoms with Gasteiger partial charge < -0.3 is 0 Å². The van der Waals surface area contributed by atoms with E-state index in [1.54, 1.807) is 0 Å². The van der Waals surface area contributed by atoms with Crippen LogP contribution in [0.1, 0.15) is 12.0 Å². The van der Waals surface area contributed by atoms with Crippen molar-refractivity contribution in [1.82, 2.24) is 9.99 Å². The SMILES string of the molecule is CN(c1ncc(C(F)(F)F)cc1Cl)N1C(=O)[C@@H]2[C@H](C1=O)[C@H]1C=C[C@@H]2C1. The number of anilines is 1. The first-order valence-electron chi connectivity index (χ1n) is 7.72. The lowest BCUT2D eigenvalue weighted by Crippen LogP contribution is -2.46. The normalized spacial score (nSPS) is 30.4. The Labute approximate surface area is 146 Å². The van der Waals surface area contributed by atoms with Crippen molar-refractivity contribution in [3.05, 3.63) is 35.0 Å². The molecule has 2 heterocycles. The van der Waals surface area contributed by atoms with E-state index in [4.69, 9.17) is 11.6 Å². The average molecular weight is 372 g/mol. The lowest BCUT2D eigenvalue weighted by atomic mass is 9.85. The van der Waals surface area contributed by atoms with Crippen LogP contribution >= 0.6 is 11.6 Å². The van der Waals surface area contributed by atoms with Gasteiger partial charge in [0.15, 0.2) is 5.82 Å². The van der Waals surface area contributed by atoms with E-state index in [1.165, 1.54) is 7.05 Å². The van der Waals surface area contributed by atoms with Gasteiger partial charge in [0.2, 0.25) is 0 Å². The second-order valence-corrected chi connectivity index (χ2v) is 6.95. The van der Waals surface area contributed by atoms with Crippen LogP contribution in [0.4, 0.5) is 19.0 Å². The number of aromatic nitrogens is 1. The second-order valence-electron chi connectivity index (χ2n) is 6.54. The van der Waals surface area contributed by atoms with Gasteiger partial charge in [0, 0.05) is 13.2 Å². The van der Waals surface area contributed by atoms with Crippen LogP contribution in [0, 0.1) is 23.7 Å². The fourth-order valence-electron chi connectivity index (χ4n) is 4.10. The van der Waals surface area contributed by atoms with Crippen LogP contribution in [-0.2, 0) is 15.8 Å². The Hall–Kier alpha value is -2.09. The highest BCUT2D eigenvalue weighted by Crippen LogP contribution is 2.53. The van der Waals surface area contributed by atoms with Gasteiger partial charge >= 0.3 is 6.18 Å². The molecule has 0 aromatic carbocycles. The number of allylic oxidation sites excluding steroid dienone is 2. The number of hydrogen-bond acceptors (Lipinski definition) is 4. The minimum absolute atomic E-state index is 0.0425. The molecule has 4 atom stereocenters. The van der Waals surface area contributed by atoms with Gasteiger partial charge in [0.05, 0.1) is 22.4 Å². The van der Waals surface area contributed by atoms with E-state index in [-0.39, 0.29) is 34.5 Å². The summed E-state index contributed by atoms with van der Waals surface area (Å²) < 4.78 is 38.2. The highest BCUT2D eigenvalue weighted by atomic mass is 35.5. The summed E-state index contributed by atoms with van der Waals surface area (Å²) in [4.78, 5) is 29.2. The summed E-state index contributed by atoms with van der Waals surface area (Å²) in [6.07, 6.45) is 0.779. The van der Waals surface area contributed by atoms with Crippen LogP contribution in [0.15, 0.2) is 24.4 Å². The first-order valence-corrected chi connectivity index (χ1v) is 8.10. The number of amides is 2. The Morgan fingerprint density at radius 1 is 1.20 bits per heavy atom. The number of carbonyl (C=O) groups excluding carboxylic acids is 2. The maximum absolute atomic E-state index is 12.7. The first kappa shape index (κ1) is 16.4. The van der Waals surface area contributed by atoms with Gasteiger partial charge in [-0.05, 0) is 24.3 Å². The number of nitrogens with zero attached hydrogens (tertiary/aromatic N) is 3. The van der Waals surface area contributed by atoms with E-state index in [0.29, 0.717) is 6.20 Å². The number of alkyl halides is 3. The minimum Gasteiger partial charge on any atom is -0.272 e. The number of pyridine rings is 1. The fraction of sp³-hybridized carbons (Fsp3) is 0.438. The van der Waals surface area contributed by atoms with Crippen LogP contribution in [0.2, 0.25) is 5.02 Å². The molecule has 0 radical (unpaired) electrons. The second kappa shape index (κ2) is 5.20. The molecule has 2 amide bonds. The number of hydrogen-bond donors (Lipinski definition) is 0. The van der Waals surface area contributed by atoms with Crippen molar-refractivity contribution in [3.63, 3.8) is 0 Å². The number of carbonyl (C=O) groups is 2. The van der Waals surface area contributed by atoms with Crippen molar-refractivity contribution in [2.75, 3.05) is 12.1 Å². The van der Waals surface area contributed by atoms with Crippen molar-refractivity contribution < 1.29 is 22.8 Å². The van der Waals surface area contributed by atoms with Crippen molar-refractivity contribution in [2.45, 2.75) is 12.6 Å². The van der Waals surface area contributed by atoms with Gasteiger partial charge in [-0.1, -0.05) is 23.8 Å². The molecular weight excluding hydrogens is 359 g/mol. The molecule has 0 unspecified atom stereocenters. The fourth-order valence-corrected chi connectivity index (χ4v) is 4.39. The Kier molecular flexibility index (Phi) is 3.41. The Bertz CT molecular complexity index is 780. The molecule has 2 aliphatic carbocycles. The molecule has 1 aromatic rings. The molecule has 0 N–H and O–H groups in total. The Morgan fingerprint density at radius 3 is 2.24 bits per heavy atom. The highest BCUT2D eigenvalue weighted by molar-refractivity contribution is 6.33. The molecule has 5 nitrogen and oxygen atoms in total. The molecule has 1 aromatic heterocycles. The zero-order valence-electron chi connectivity index (χ0n) is 13.0. The number of rotatable bonds is 2. The lowest BCUT2D eigenvalue weighted by molar-refractivity contribution is -0.141. The third kappa shape index (κ3) is 2.27. The van der Waals surface area contributed by atoms with Gasteiger partial charge in [-0.25, -0.2) is 4.98 Å². The summed E-state index contributed by atoms with van der Waals surface area (Å²) in [7, 11) is 1.40. The number of hydrazine groups is 1. The molecule has 2 bridgehead atoms. The van der Waals surface area contributed by atoms with Gasteiger partial charge in [-0.3, -0.25) is 14.6 Å². The van der Waals surface area contributed by atoms with E-state index >= 15 is 0 Å². The van der Waals surface area contributed by atoms with E-state index in [2.05, 4.69) is 4.98 Å². The van der Waals surface area contributed by atoms with Crippen LogP contribution in [-0.4, -0.2) is 28.9 Å². The quantitative estimate of drug-likeness (QED) is 0.592. The molecule has 0 spiro atoms. The molecule has 2 fully saturated rings. The van der Waals surface area contributed by atoms with Crippen LogP contribution in [0.3, 0.4) is 0 Å². The number of halogens is 4. The summed E-state index contributed by atoms with van der Waals surface area (Å²) in [5.41, 5.74) is -0.993. The van der Waals surface area contributed by atoms with Crippen LogP contribution in [0.25, 0.3) is 0 Å². The lowest BCUT2D eigenvalue weighted by Gasteiger charge is -2.29. The topological polar surface area (TPSA) is 53.5 Å². The van der Waals surface area contributed by atoms with Crippen molar-refractivity contribution in [2.24, 2.45) is 23.7 Å². The monoisotopic (exact) mass is 371 g/mol. The Balaban J connectivity index is 1.65. The molecule has 1 saturated heterocycles. The van der Waals surface area contributed by atoms with Crippen LogP contribution in [0.5, 0.6) is 0 Å². The zero-order valence-corrected chi connectivity index (χ0v) is 13.8. The zero-order chi connectivity index (χ0) is 18.1. The molecule has 25 heavy (non-hydrogen) atoms. The number of fused-ring (bicyclic) bond motifs is 5. The smallest absolute Gasteiger partial charge is 0.272 e. The van der Waals surface area contributed by atoms with Crippen LogP contribution < -0.4 is 5.01 Å². The summed E-state index contributed by atoms with van der Waals surface area (Å²) >= 11 is 5.93. The minimum atomic E-state index is -4.57. The van der Waals surface area contributed by atoms with E-state index in [0.717, 1.165) is 22.5 Å². The summed E-state index contributed by atoms with van der Waals surface area (Å²) in [6, 6.07) is 0.734. The molecular formula is C16H13ClF3N3O2. The third-order valence-electron chi connectivity index (χ3n) is 5.20. The molecule has 1 aliphatic heterocycles. The third-order valence-corrected chi connectivity index (χ3v) is 5.48. The molecule has 3 aliphatic rings. The molecule has 9 heteroatoms. The first-order chi connectivity index (χ1) is 11.7. The summed E-state index contributed by atoms with van der Waals surface area (Å²) in [5, 5.41) is 1.82. The maximum Gasteiger partial charge on any atom is 0.417 e. The van der Waals surface area contributed by atoms with Crippen molar-refractivity contribution in [3.8, 4) is 0 Å². The average Bonchev–Trinajstić information content (AvgIpc) is 3.20. The molecule has 4 rings (SSSR count). The largest absolute Gasteiger partial charge is 0.417 e. The number of imide groups is 1. The Morgan fingerprint density at radius 2 is 1.76 bits per heavy atom. The molecule has 132 valence electrons. The van der Waals surface area contributed by atoms with E-state index in [9.17, 15) is 22.8 Å². The predicted molar refractivity (Wildman–Crippen MR) is 82.2 cm³/mol. The molecule has 1 saturated carbocycles. The van der Waals surface area contributed by atoms with Crippen molar-refractivity contribution in [1.29, 1.82) is 0 Å². The van der Waals surface area contributed by atoms with Gasteiger partial charge in [-0.2, -0.15) is 18.2 Å². The predicted octanol–water partition coefficient (Wildman–Crippen LogP) is 2.91. The van der Waals surface area contributed by atoms with Gasteiger partial charge in [0.25, 0.3) is 11.8 Å². The standard InChI is InChI=1S/C16H13ClF3N3O2/c1-22(13-10(17)5-9(6-21-13)16(18,19)20)23-14(24)11-7-2-3-8(4-7)12(11)15(23)25/h2-3,5-8,11-12H,4H2,1H3/t7-,8+,11+,12-. The van der Waals surface area contributed by atoms with Crippen molar-refractivity contribution >= 4 is 29.2 Å². The van der Waals surface area contributed by atoms with Gasteiger partial charge in [0.1, 0.15) is 0 Å².